The number of carbonyl (C=O) groups is 1. The molecule has 2 aliphatic rings. The quantitative estimate of drug-likeness (QED) is 0.664. The van der Waals surface area contributed by atoms with Gasteiger partial charge >= 0.3 is 0 Å². The SMILES string of the molecule is Cc1cc(C(=O)N2CCC(Oc3cccc4c3ccn4CC3CC3)CC2)n(C)n1. The average molecular weight is 393 g/mol. The smallest absolute Gasteiger partial charge is 0.272 e. The fourth-order valence-corrected chi connectivity index (χ4v) is 4.36. The largest absolute Gasteiger partial charge is 0.490 e. The van der Waals surface area contributed by atoms with E-state index in [0.29, 0.717) is 18.8 Å². The molecule has 1 aliphatic carbocycles. The molecule has 2 aromatic heterocycles. The Balaban J connectivity index is 1.24. The zero-order chi connectivity index (χ0) is 20.0. The van der Waals surface area contributed by atoms with Crippen molar-refractivity contribution in [1.82, 2.24) is 19.2 Å². The summed E-state index contributed by atoms with van der Waals surface area (Å²) in [7, 11) is 1.83. The number of hydrogen-bond donors (Lipinski definition) is 0. The van der Waals surface area contributed by atoms with Crippen LogP contribution in [0.3, 0.4) is 0 Å². The molecule has 152 valence electrons. The van der Waals surface area contributed by atoms with Crippen molar-refractivity contribution >= 4 is 16.8 Å². The van der Waals surface area contributed by atoms with Gasteiger partial charge in [0.2, 0.25) is 0 Å². The predicted molar refractivity (Wildman–Crippen MR) is 112 cm³/mol. The van der Waals surface area contributed by atoms with E-state index in [4.69, 9.17) is 4.74 Å². The maximum atomic E-state index is 12.8. The van der Waals surface area contributed by atoms with Crippen LogP contribution in [0.15, 0.2) is 36.5 Å². The lowest BCUT2D eigenvalue weighted by Crippen LogP contribution is -2.42. The number of hydrogen-bond acceptors (Lipinski definition) is 3. The standard InChI is InChI=1S/C23H28N4O2/c1-16-14-21(25(2)24-16)23(28)26-11-8-18(9-12-26)29-22-5-3-4-20-19(22)10-13-27(20)15-17-6-7-17/h3-5,10,13-14,17-18H,6-9,11-12,15H2,1-2H3. The van der Waals surface area contributed by atoms with Crippen LogP contribution in [-0.4, -0.2) is 44.3 Å². The Bertz CT molecular complexity index is 1040. The summed E-state index contributed by atoms with van der Waals surface area (Å²) in [5.74, 6) is 1.87. The highest BCUT2D eigenvalue weighted by molar-refractivity contribution is 5.92. The summed E-state index contributed by atoms with van der Waals surface area (Å²) in [6.45, 7) is 4.45. The van der Waals surface area contributed by atoms with Crippen molar-refractivity contribution < 1.29 is 9.53 Å². The Hall–Kier alpha value is -2.76. The van der Waals surface area contributed by atoms with E-state index >= 15 is 0 Å². The number of piperidine rings is 1. The molecule has 0 unspecified atom stereocenters. The highest BCUT2D eigenvalue weighted by Gasteiger charge is 2.27. The Morgan fingerprint density at radius 3 is 2.66 bits per heavy atom. The first-order chi connectivity index (χ1) is 14.1. The minimum atomic E-state index is 0.0609. The molecule has 1 aromatic carbocycles. The van der Waals surface area contributed by atoms with Gasteiger partial charge in [-0.25, -0.2) is 0 Å². The summed E-state index contributed by atoms with van der Waals surface area (Å²) in [5.41, 5.74) is 2.79. The summed E-state index contributed by atoms with van der Waals surface area (Å²) in [4.78, 5) is 14.7. The zero-order valence-electron chi connectivity index (χ0n) is 17.2. The van der Waals surface area contributed by atoms with Crippen LogP contribution in [0.5, 0.6) is 5.75 Å². The normalized spacial score (nSPS) is 17.8. The Kier molecular flexibility index (Phi) is 4.57. The minimum absolute atomic E-state index is 0.0609. The van der Waals surface area contributed by atoms with E-state index in [0.717, 1.165) is 36.7 Å². The third-order valence-corrected chi connectivity index (χ3v) is 6.17. The molecule has 0 bridgehead atoms. The molecule has 2 fully saturated rings. The fraction of sp³-hybridized carbons (Fsp3) is 0.478. The molecule has 1 amide bonds. The van der Waals surface area contributed by atoms with Crippen LogP contribution in [0.1, 0.15) is 41.9 Å². The average Bonchev–Trinajstić information content (AvgIpc) is 3.34. The van der Waals surface area contributed by atoms with Gasteiger partial charge in [0.25, 0.3) is 5.91 Å². The van der Waals surface area contributed by atoms with E-state index < -0.39 is 0 Å². The second-order valence-corrected chi connectivity index (χ2v) is 8.50. The van der Waals surface area contributed by atoms with Crippen LogP contribution < -0.4 is 4.74 Å². The number of carbonyl (C=O) groups excluding carboxylic acids is 1. The van der Waals surface area contributed by atoms with Gasteiger partial charge in [0, 0.05) is 51.1 Å². The molecular weight excluding hydrogens is 364 g/mol. The molecular formula is C23H28N4O2. The van der Waals surface area contributed by atoms with Gasteiger partial charge in [-0.3, -0.25) is 9.48 Å². The minimum Gasteiger partial charge on any atom is -0.490 e. The first-order valence-electron chi connectivity index (χ1n) is 10.6. The molecule has 6 heteroatoms. The van der Waals surface area contributed by atoms with E-state index in [1.54, 1.807) is 4.68 Å². The lowest BCUT2D eigenvalue weighted by Gasteiger charge is -2.32. The molecule has 5 rings (SSSR count). The summed E-state index contributed by atoms with van der Waals surface area (Å²) < 4.78 is 10.4. The number of benzene rings is 1. The third kappa shape index (κ3) is 3.63. The number of rotatable bonds is 5. The first-order valence-corrected chi connectivity index (χ1v) is 10.6. The highest BCUT2D eigenvalue weighted by Crippen LogP contribution is 2.34. The Morgan fingerprint density at radius 1 is 1.17 bits per heavy atom. The monoisotopic (exact) mass is 392 g/mol. The van der Waals surface area contributed by atoms with Gasteiger partial charge in [-0.1, -0.05) is 6.07 Å². The number of amides is 1. The second-order valence-electron chi connectivity index (χ2n) is 8.50. The van der Waals surface area contributed by atoms with Gasteiger partial charge in [0.15, 0.2) is 0 Å². The van der Waals surface area contributed by atoms with E-state index in [1.807, 2.05) is 24.9 Å². The van der Waals surface area contributed by atoms with Gasteiger partial charge in [-0.15, -0.1) is 0 Å². The van der Waals surface area contributed by atoms with Gasteiger partial charge in [0.05, 0.1) is 11.2 Å². The van der Waals surface area contributed by atoms with E-state index in [2.05, 4.69) is 40.1 Å². The van der Waals surface area contributed by atoms with Crippen molar-refractivity contribution in [2.45, 2.75) is 45.3 Å². The summed E-state index contributed by atoms with van der Waals surface area (Å²) in [6, 6.07) is 10.4. The van der Waals surface area contributed by atoms with Crippen LogP contribution in [-0.2, 0) is 13.6 Å². The lowest BCUT2D eigenvalue weighted by molar-refractivity contribution is 0.0588. The number of aromatic nitrogens is 3. The topological polar surface area (TPSA) is 52.3 Å². The first kappa shape index (κ1) is 18.3. The molecule has 1 aliphatic heterocycles. The number of ether oxygens (including phenoxy) is 1. The van der Waals surface area contributed by atoms with E-state index in [9.17, 15) is 4.79 Å². The van der Waals surface area contributed by atoms with E-state index in [-0.39, 0.29) is 12.0 Å². The number of likely N-dealkylation sites (tertiary alicyclic amines) is 1. The molecule has 0 spiro atoms. The van der Waals surface area contributed by atoms with Crippen molar-refractivity contribution in [3.05, 3.63) is 47.9 Å². The van der Waals surface area contributed by atoms with Crippen molar-refractivity contribution in [2.75, 3.05) is 13.1 Å². The van der Waals surface area contributed by atoms with Crippen LogP contribution >= 0.6 is 0 Å². The van der Waals surface area contributed by atoms with Crippen LogP contribution in [0, 0.1) is 12.8 Å². The lowest BCUT2D eigenvalue weighted by atomic mass is 10.1. The number of aryl methyl sites for hydroxylation is 2. The molecule has 3 heterocycles. The Labute approximate surface area is 171 Å². The van der Waals surface area contributed by atoms with Gasteiger partial charge in [0.1, 0.15) is 17.5 Å². The maximum absolute atomic E-state index is 12.8. The van der Waals surface area contributed by atoms with Gasteiger partial charge in [-0.2, -0.15) is 5.10 Å². The summed E-state index contributed by atoms with van der Waals surface area (Å²) in [6.07, 6.45) is 6.73. The zero-order valence-corrected chi connectivity index (χ0v) is 17.2. The highest BCUT2D eigenvalue weighted by atomic mass is 16.5. The molecule has 6 nitrogen and oxygen atoms in total. The van der Waals surface area contributed by atoms with Crippen molar-refractivity contribution in [2.24, 2.45) is 13.0 Å². The molecule has 0 N–H and O–H groups in total. The maximum Gasteiger partial charge on any atom is 0.272 e. The van der Waals surface area contributed by atoms with Crippen molar-refractivity contribution in [3.8, 4) is 5.75 Å². The molecule has 0 atom stereocenters. The van der Waals surface area contributed by atoms with Crippen molar-refractivity contribution in [1.29, 1.82) is 0 Å². The fourth-order valence-electron chi connectivity index (χ4n) is 4.36. The van der Waals surface area contributed by atoms with Crippen molar-refractivity contribution in [3.63, 3.8) is 0 Å². The molecule has 1 saturated carbocycles. The predicted octanol–water partition coefficient (Wildman–Crippen LogP) is 3.78. The molecule has 3 aromatic rings. The number of nitrogens with zero attached hydrogens (tertiary/aromatic N) is 4. The molecule has 0 radical (unpaired) electrons. The van der Waals surface area contributed by atoms with Gasteiger partial charge in [-0.05, 0) is 49.9 Å². The van der Waals surface area contributed by atoms with Gasteiger partial charge < -0.3 is 14.2 Å². The third-order valence-electron chi connectivity index (χ3n) is 6.17. The van der Waals surface area contributed by atoms with Crippen LogP contribution in [0.2, 0.25) is 0 Å². The summed E-state index contributed by atoms with van der Waals surface area (Å²) >= 11 is 0. The number of fused-ring (bicyclic) bond motifs is 1. The molecule has 1 saturated heterocycles. The second kappa shape index (κ2) is 7.25. The van der Waals surface area contributed by atoms with Crippen LogP contribution in [0.25, 0.3) is 10.9 Å². The van der Waals surface area contributed by atoms with Crippen LogP contribution in [0.4, 0.5) is 0 Å². The Morgan fingerprint density at radius 2 is 1.97 bits per heavy atom. The molecule has 29 heavy (non-hydrogen) atoms. The van der Waals surface area contributed by atoms with E-state index in [1.165, 1.54) is 23.7 Å². The summed E-state index contributed by atoms with van der Waals surface area (Å²) in [5, 5.41) is 5.48.